The average molecular weight is 1020 g/mol. The van der Waals surface area contributed by atoms with Gasteiger partial charge in [0.05, 0.1) is 22.8 Å². The number of rotatable bonds is 14. The van der Waals surface area contributed by atoms with Crippen LogP contribution in [0.15, 0.2) is 133 Å². The number of halogens is 2. The van der Waals surface area contributed by atoms with Gasteiger partial charge in [0.1, 0.15) is 0 Å². The van der Waals surface area contributed by atoms with Gasteiger partial charge in [0.15, 0.2) is 0 Å². The Hall–Kier alpha value is -3.82. The van der Waals surface area contributed by atoms with E-state index in [2.05, 4.69) is 139 Å². The summed E-state index contributed by atoms with van der Waals surface area (Å²) >= 11 is 0. The summed E-state index contributed by atoms with van der Waals surface area (Å²) in [4.78, 5) is 23.5. The normalized spacial score (nSPS) is 10.5. The molecule has 0 fully saturated rings. The molecule has 0 aliphatic carbocycles. The zero-order chi connectivity index (χ0) is 44.0. The molecule has 0 aliphatic rings. The van der Waals surface area contributed by atoms with E-state index in [1.165, 1.54) is 11.1 Å². The van der Waals surface area contributed by atoms with Gasteiger partial charge in [-0.25, -0.2) is 37.3 Å². The van der Waals surface area contributed by atoms with Gasteiger partial charge in [-0.05, 0) is 100 Å². The fraction of sp³-hybridized carbons (Fsp3) is 0.273. The van der Waals surface area contributed by atoms with Crippen LogP contribution in [0, 0.1) is 48.2 Å². The van der Waals surface area contributed by atoms with Crippen molar-refractivity contribution in [3.8, 4) is 0 Å². The van der Waals surface area contributed by atoms with Crippen LogP contribution in [0.2, 0.25) is 0 Å². The van der Waals surface area contributed by atoms with Crippen molar-refractivity contribution in [3.05, 3.63) is 190 Å². The summed E-state index contributed by atoms with van der Waals surface area (Å²) in [5.41, 5.74) is 11.4. The third-order valence-electron chi connectivity index (χ3n) is 8.45. The van der Waals surface area contributed by atoms with Gasteiger partial charge < -0.3 is 11.0 Å². The summed E-state index contributed by atoms with van der Waals surface area (Å²) in [6.07, 6.45) is 2.05. The monoisotopic (exact) mass is 1020 g/mol. The number of hydrogen-bond donors (Lipinski definition) is 0. The van der Waals surface area contributed by atoms with E-state index in [9.17, 15) is 0 Å². The first-order valence-corrected chi connectivity index (χ1v) is 21.3. The molecule has 0 bridgehead atoms. The van der Waals surface area contributed by atoms with Crippen LogP contribution in [0.5, 0.6) is 0 Å². The molecule has 16 nitrogen and oxygen atoms in total. The van der Waals surface area contributed by atoms with E-state index in [1.54, 1.807) is 0 Å². The van der Waals surface area contributed by atoms with Crippen LogP contribution < -0.4 is 37.3 Å². The van der Waals surface area contributed by atoms with Gasteiger partial charge in [0.2, 0.25) is 0 Å². The van der Waals surface area contributed by atoms with E-state index in [-0.39, 0.29) is 45.1 Å². The van der Waals surface area contributed by atoms with Gasteiger partial charge in [-0.15, -0.1) is 20.5 Å². The molecule has 0 atom stereocenters. The summed E-state index contributed by atoms with van der Waals surface area (Å²) in [6.45, 7) is 13.5. The molecule has 2 N–H and O–H groups in total. The van der Waals surface area contributed by atoms with Gasteiger partial charge in [-0.2, -0.15) is 0 Å². The van der Waals surface area contributed by atoms with Crippen LogP contribution in [0.4, 0.5) is 0 Å². The molecule has 0 saturated heterocycles. The molecule has 2 radical (unpaired) electrons. The summed E-state index contributed by atoms with van der Waals surface area (Å²) in [5.74, 6) is 0. The Morgan fingerprint density at radius 1 is 0.359 bits per heavy atom. The van der Waals surface area contributed by atoms with Crippen LogP contribution >= 0.6 is 0 Å². The fourth-order valence-electron chi connectivity index (χ4n) is 5.96. The standard InChI is InChI=1S/2C22H25N3.2ClHO4.2Cu.2H2O/c2*1-18-8-6-12-21(23-18)16-25(15-14-20-10-4-3-5-11-20)17-22-13-7-9-19(2)24-22;2*2-1(3,4)5;;;;/h2*3-13H,14-17H2,1-2H3;2*(H,2,3,4,5);;;2*1H2/q;;;;2*+2;;/p-4. The smallest absolute Gasteiger partial charge is 0.870 e. The van der Waals surface area contributed by atoms with E-state index >= 15 is 0 Å². The zero-order valence-corrected chi connectivity index (χ0v) is 39.0. The van der Waals surface area contributed by atoms with E-state index in [1.807, 2.05) is 52.0 Å². The maximum atomic E-state index is 8.49. The van der Waals surface area contributed by atoms with Gasteiger partial charge in [-0.1, -0.05) is 84.9 Å². The number of hydrogen-bond acceptors (Lipinski definition) is 16. The number of aryl methyl sites for hydroxylation is 4. The van der Waals surface area contributed by atoms with Gasteiger partial charge in [0.25, 0.3) is 0 Å². The quantitative estimate of drug-likeness (QED) is 0.116. The third-order valence-corrected chi connectivity index (χ3v) is 8.45. The second-order valence-corrected chi connectivity index (χ2v) is 15.2. The van der Waals surface area contributed by atoms with Crippen LogP contribution in [-0.4, -0.2) is 53.8 Å². The Bertz CT molecular complexity index is 1870. The zero-order valence-electron chi connectivity index (χ0n) is 35.6. The fourth-order valence-corrected chi connectivity index (χ4v) is 5.96. The summed E-state index contributed by atoms with van der Waals surface area (Å²) in [5, 5.41) is 0. The Morgan fingerprint density at radius 2 is 0.578 bits per heavy atom. The molecule has 0 saturated carbocycles. The van der Waals surface area contributed by atoms with Crippen molar-refractivity contribution in [2.45, 2.75) is 66.7 Å². The number of benzene rings is 2. The van der Waals surface area contributed by atoms with Crippen molar-refractivity contribution in [2.24, 2.45) is 0 Å². The first-order chi connectivity index (χ1) is 28.4. The van der Waals surface area contributed by atoms with Gasteiger partial charge >= 0.3 is 34.1 Å². The molecular formula is C44H52Cl2Cu2N6O10. The Kier molecular flexibility index (Phi) is 31.9. The maximum absolute atomic E-state index is 8.49. The van der Waals surface area contributed by atoms with E-state index in [0.29, 0.717) is 0 Å². The minimum Gasteiger partial charge on any atom is -0.870 e. The van der Waals surface area contributed by atoms with Crippen LogP contribution in [-0.2, 0) is 73.2 Å². The van der Waals surface area contributed by atoms with Crippen molar-refractivity contribution in [1.29, 1.82) is 0 Å². The third kappa shape index (κ3) is 31.1. The minimum atomic E-state index is -4.94. The molecule has 0 spiro atoms. The number of nitrogens with zero attached hydrogens (tertiary/aromatic N) is 6. The molecule has 0 aliphatic heterocycles. The second kappa shape index (κ2) is 32.8. The topological polar surface area (TPSA) is 303 Å². The largest absolute Gasteiger partial charge is 2.00 e. The van der Waals surface area contributed by atoms with Gasteiger partial charge in [0, 0.05) is 62.0 Å². The maximum Gasteiger partial charge on any atom is 2.00 e. The van der Waals surface area contributed by atoms with E-state index in [0.717, 1.165) is 97.7 Å². The van der Waals surface area contributed by atoms with Crippen molar-refractivity contribution in [3.63, 3.8) is 0 Å². The molecule has 354 valence electrons. The molecule has 20 heteroatoms. The van der Waals surface area contributed by atoms with Crippen molar-refractivity contribution in [2.75, 3.05) is 13.1 Å². The molecule has 6 aromatic rings. The molecule has 0 amide bonds. The molecule has 4 aromatic heterocycles. The Balaban J connectivity index is 0. The van der Waals surface area contributed by atoms with E-state index in [4.69, 9.17) is 37.3 Å². The summed E-state index contributed by atoms with van der Waals surface area (Å²) in [7, 11) is -9.89. The van der Waals surface area contributed by atoms with Crippen LogP contribution in [0.1, 0.15) is 56.7 Å². The number of aromatic nitrogens is 4. The summed E-state index contributed by atoms with van der Waals surface area (Å²) in [6, 6.07) is 46.2. The molecule has 0 unspecified atom stereocenters. The second-order valence-electron chi connectivity index (χ2n) is 13.7. The van der Waals surface area contributed by atoms with Crippen molar-refractivity contribution >= 4 is 0 Å². The SMILES string of the molecule is Cc1cccc(CN(CCc2ccccc2)Cc2cccc(C)n2)n1.Cc1cccc(CN(CCc2ccccc2)Cc2cccc(C)n2)n1.[Cu+2].[Cu+2].[O-][Cl+3]([O-])([O-])[O-].[O-][Cl+3]([O-])([O-])[O-].[OH-].[OH-]. The predicted octanol–water partition coefficient (Wildman–Crippen LogP) is -1.19. The molecular weight excluding hydrogens is 971 g/mol. The average Bonchev–Trinajstić information content (AvgIpc) is 3.16. The molecule has 6 rings (SSSR count). The first kappa shape index (κ1) is 62.3. The van der Waals surface area contributed by atoms with Crippen LogP contribution in [0.3, 0.4) is 0 Å². The van der Waals surface area contributed by atoms with Crippen molar-refractivity contribution < 1.29 is 103 Å². The number of pyridine rings is 4. The van der Waals surface area contributed by atoms with Crippen LogP contribution in [0.25, 0.3) is 0 Å². The van der Waals surface area contributed by atoms with Crippen molar-refractivity contribution in [1.82, 2.24) is 29.7 Å². The Labute approximate surface area is 400 Å². The minimum absolute atomic E-state index is 0. The predicted molar refractivity (Wildman–Crippen MR) is 208 cm³/mol. The van der Waals surface area contributed by atoms with E-state index < -0.39 is 20.5 Å². The molecule has 2 aromatic carbocycles. The van der Waals surface area contributed by atoms with Gasteiger partial charge in [-0.3, -0.25) is 29.7 Å². The molecule has 4 heterocycles. The first-order valence-electron chi connectivity index (χ1n) is 18.8. The Morgan fingerprint density at radius 3 is 0.781 bits per heavy atom. The molecule has 64 heavy (non-hydrogen) atoms. The summed E-state index contributed by atoms with van der Waals surface area (Å²) < 4.78 is 67.9.